The van der Waals surface area contributed by atoms with Gasteiger partial charge in [-0.2, -0.15) is 0 Å². The maximum Gasteiger partial charge on any atom is 0.261 e. The van der Waals surface area contributed by atoms with E-state index in [4.69, 9.17) is 18.6 Å². The van der Waals surface area contributed by atoms with E-state index in [1.165, 1.54) is 15.9 Å². The van der Waals surface area contributed by atoms with Crippen LogP contribution < -0.4 is 10.4 Å². The maximum atomic E-state index is 7.09. The van der Waals surface area contributed by atoms with Crippen molar-refractivity contribution in [3.8, 4) is 0 Å². The molecule has 2 atom stereocenters. The Morgan fingerprint density at radius 3 is 2.00 bits per heavy atom. The van der Waals surface area contributed by atoms with Crippen LogP contribution in [0, 0.1) is 0 Å². The highest BCUT2D eigenvalue weighted by atomic mass is 28.4. The van der Waals surface area contributed by atoms with Gasteiger partial charge in [-0.3, -0.25) is 0 Å². The van der Waals surface area contributed by atoms with Crippen LogP contribution in [-0.4, -0.2) is 40.5 Å². The van der Waals surface area contributed by atoms with Gasteiger partial charge in [-0.1, -0.05) is 112 Å². The van der Waals surface area contributed by atoms with Crippen molar-refractivity contribution in [1.82, 2.24) is 0 Å². The first-order chi connectivity index (χ1) is 18.5. The molecule has 0 aromatic heterocycles. The lowest BCUT2D eigenvalue weighted by atomic mass is 10.2. The van der Waals surface area contributed by atoms with Gasteiger partial charge in [0.2, 0.25) is 0 Å². The Morgan fingerprint density at radius 2 is 1.45 bits per heavy atom. The zero-order chi connectivity index (χ0) is 26.7. The van der Waals surface area contributed by atoms with Gasteiger partial charge in [-0.15, -0.1) is 0 Å². The fourth-order valence-electron chi connectivity index (χ4n) is 5.40. The Labute approximate surface area is 230 Å². The highest BCUT2D eigenvalue weighted by molar-refractivity contribution is 6.99. The first kappa shape index (κ1) is 28.7. The molecule has 4 rings (SSSR count). The van der Waals surface area contributed by atoms with Crippen molar-refractivity contribution >= 4 is 18.7 Å². The van der Waals surface area contributed by atoms with Crippen LogP contribution in [0.3, 0.4) is 0 Å². The lowest BCUT2D eigenvalue weighted by molar-refractivity contribution is -0.200. The molecule has 0 spiro atoms. The predicted molar refractivity (Wildman–Crippen MR) is 157 cm³/mol. The molecule has 0 saturated carbocycles. The fourth-order valence-corrected chi connectivity index (χ4v) is 10.0. The average Bonchev–Trinajstić information content (AvgIpc) is 2.94. The molecule has 0 amide bonds. The molecule has 38 heavy (non-hydrogen) atoms. The molecule has 0 N–H and O–H groups in total. The smallest absolute Gasteiger partial charge is 0.261 e. The standard InChI is InChI=1S/C33H44O4Si/c1-33(2,3)38(30-19-9-5-10-20-30,31-21-11-6-12-22-31)36-25-15-18-29(37-32-23-13-14-24-35-32)27-34-26-28-16-7-4-8-17-28/h4-12,16-17,19-22,29,32H,13-15,18,23-27H2,1-3H3/t29-,32?/m0/s1. The molecule has 5 heteroatoms. The van der Waals surface area contributed by atoms with Gasteiger partial charge < -0.3 is 18.6 Å². The largest absolute Gasteiger partial charge is 0.407 e. The zero-order valence-electron chi connectivity index (χ0n) is 23.3. The van der Waals surface area contributed by atoms with E-state index >= 15 is 0 Å². The monoisotopic (exact) mass is 532 g/mol. The minimum absolute atomic E-state index is 0.0235. The first-order valence-corrected chi connectivity index (χ1v) is 16.0. The van der Waals surface area contributed by atoms with E-state index in [9.17, 15) is 0 Å². The summed E-state index contributed by atoms with van der Waals surface area (Å²) in [5, 5.41) is 2.60. The molecule has 3 aromatic carbocycles. The quantitative estimate of drug-likeness (QED) is 0.187. The van der Waals surface area contributed by atoms with Crippen molar-refractivity contribution in [3.05, 3.63) is 96.6 Å². The lowest BCUT2D eigenvalue weighted by Crippen LogP contribution is -2.66. The Hall–Kier alpha value is -2.28. The second kappa shape index (κ2) is 14.2. The Morgan fingerprint density at radius 1 is 0.842 bits per heavy atom. The van der Waals surface area contributed by atoms with Crippen LogP contribution in [0.5, 0.6) is 0 Å². The summed E-state index contributed by atoms with van der Waals surface area (Å²) in [6.45, 7) is 9.56. The van der Waals surface area contributed by atoms with Gasteiger partial charge in [-0.25, -0.2) is 0 Å². The summed E-state index contributed by atoms with van der Waals surface area (Å²) in [5.41, 5.74) is 1.18. The molecule has 3 aromatic rings. The van der Waals surface area contributed by atoms with Crippen molar-refractivity contribution < 1.29 is 18.6 Å². The molecule has 1 aliphatic heterocycles. The van der Waals surface area contributed by atoms with Crippen LogP contribution in [0.1, 0.15) is 58.4 Å². The van der Waals surface area contributed by atoms with Crippen molar-refractivity contribution in [2.45, 2.75) is 76.9 Å². The molecule has 0 bridgehead atoms. The molecular formula is C33H44O4Si. The predicted octanol–water partition coefficient (Wildman–Crippen LogP) is 6.47. The normalized spacial score (nSPS) is 17.3. The third kappa shape index (κ3) is 7.64. The highest BCUT2D eigenvalue weighted by Gasteiger charge is 2.49. The van der Waals surface area contributed by atoms with Crippen LogP contribution >= 0.6 is 0 Å². The third-order valence-corrected chi connectivity index (χ3v) is 12.3. The van der Waals surface area contributed by atoms with Gasteiger partial charge >= 0.3 is 0 Å². The minimum atomic E-state index is -2.53. The van der Waals surface area contributed by atoms with Crippen LogP contribution in [0.15, 0.2) is 91.0 Å². The summed E-state index contributed by atoms with van der Waals surface area (Å²) in [6.07, 6.45) is 4.83. The highest BCUT2D eigenvalue weighted by Crippen LogP contribution is 2.37. The van der Waals surface area contributed by atoms with Gasteiger partial charge in [0.1, 0.15) is 0 Å². The Bertz CT molecular complexity index is 1010. The number of hydrogen-bond donors (Lipinski definition) is 0. The van der Waals surface area contributed by atoms with Gasteiger partial charge in [0.05, 0.1) is 19.3 Å². The summed E-state index contributed by atoms with van der Waals surface area (Å²) >= 11 is 0. The summed E-state index contributed by atoms with van der Waals surface area (Å²) in [4.78, 5) is 0. The van der Waals surface area contributed by atoms with E-state index in [1.807, 2.05) is 18.2 Å². The van der Waals surface area contributed by atoms with Gasteiger partial charge in [0, 0.05) is 13.2 Å². The average molecular weight is 533 g/mol. The summed E-state index contributed by atoms with van der Waals surface area (Å²) in [6, 6.07) is 32.0. The molecule has 1 heterocycles. The van der Waals surface area contributed by atoms with E-state index < -0.39 is 8.32 Å². The maximum absolute atomic E-state index is 7.09. The van der Waals surface area contributed by atoms with E-state index in [-0.39, 0.29) is 17.4 Å². The molecule has 1 aliphatic rings. The van der Waals surface area contributed by atoms with E-state index in [2.05, 4.69) is 93.6 Å². The van der Waals surface area contributed by atoms with Crippen LogP contribution in [-0.2, 0) is 25.2 Å². The molecular weight excluding hydrogens is 488 g/mol. The second-order valence-corrected chi connectivity index (χ2v) is 15.5. The molecule has 0 aliphatic carbocycles. The van der Waals surface area contributed by atoms with Gasteiger partial charge in [0.25, 0.3) is 8.32 Å². The summed E-state index contributed by atoms with van der Waals surface area (Å²) < 4.78 is 25.5. The lowest BCUT2D eigenvalue weighted by Gasteiger charge is -2.43. The zero-order valence-corrected chi connectivity index (χ0v) is 24.3. The first-order valence-electron chi connectivity index (χ1n) is 14.1. The van der Waals surface area contributed by atoms with Gasteiger partial charge in [0.15, 0.2) is 6.29 Å². The molecule has 1 saturated heterocycles. The van der Waals surface area contributed by atoms with Crippen molar-refractivity contribution in [1.29, 1.82) is 0 Å². The molecule has 1 unspecified atom stereocenters. The third-order valence-electron chi connectivity index (χ3n) is 7.30. The summed E-state index contributed by atoms with van der Waals surface area (Å²) in [7, 11) is -2.53. The molecule has 204 valence electrons. The Kier molecular flexibility index (Phi) is 10.7. The molecule has 4 nitrogen and oxygen atoms in total. The van der Waals surface area contributed by atoms with E-state index in [1.54, 1.807) is 0 Å². The number of benzene rings is 3. The van der Waals surface area contributed by atoms with Crippen molar-refractivity contribution in [3.63, 3.8) is 0 Å². The van der Waals surface area contributed by atoms with Crippen LogP contribution in [0.25, 0.3) is 0 Å². The van der Waals surface area contributed by atoms with Gasteiger partial charge in [-0.05, 0) is 53.1 Å². The molecule has 0 radical (unpaired) electrons. The van der Waals surface area contributed by atoms with Crippen molar-refractivity contribution in [2.75, 3.05) is 19.8 Å². The topological polar surface area (TPSA) is 36.9 Å². The SMILES string of the molecule is CC(C)(C)[Si](OCCC[C@@H](COCc1ccccc1)OC1CCCCO1)(c1ccccc1)c1ccccc1. The number of rotatable bonds is 13. The van der Waals surface area contributed by atoms with E-state index in [0.717, 1.165) is 38.7 Å². The van der Waals surface area contributed by atoms with Crippen LogP contribution in [0.2, 0.25) is 5.04 Å². The summed E-state index contributed by atoms with van der Waals surface area (Å²) in [5.74, 6) is 0. The second-order valence-electron chi connectivity index (χ2n) is 11.2. The number of hydrogen-bond acceptors (Lipinski definition) is 4. The van der Waals surface area contributed by atoms with E-state index in [0.29, 0.717) is 19.8 Å². The Balaban J connectivity index is 1.43. The molecule has 1 fully saturated rings. The van der Waals surface area contributed by atoms with Crippen molar-refractivity contribution in [2.24, 2.45) is 0 Å². The fraction of sp³-hybridized carbons (Fsp3) is 0.455. The van der Waals surface area contributed by atoms with Crippen LogP contribution in [0.4, 0.5) is 0 Å². The minimum Gasteiger partial charge on any atom is -0.407 e. The number of ether oxygens (including phenoxy) is 3.